The number of rotatable bonds is 1. The molecule has 2 unspecified atom stereocenters. The van der Waals surface area contributed by atoms with Crippen LogP contribution in [0, 0.1) is 0 Å². The summed E-state index contributed by atoms with van der Waals surface area (Å²) in [5.74, 6) is 0. The van der Waals surface area contributed by atoms with Gasteiger partial charge < -0.3 is 15.1 Å². The third-order valence-electron chi connectivity index (χ3n) is 3.82. The number of amides is 2. The molecule has 0 aliphatic carbocycles. The first-order valence-corrected chi connectivity index (χ1v) is 6.26. The molecule has 0 aromatic rings. The van der Waals surface area contributed by atoms with Gasteiger partial charge in [0, 0.05) is 13.1 Å². The summed E-state index contributed by atoms with van der Waals surface area (Å²) in [5, 5.41) is 3.97. The maximum atomic E-state index is 12.1. The van der Waals surface area contributed by atoms with Crippen LogP contribution < -0.4 is 5.32 Å². The summed E-state index contributed by atoms with van der Waals surface area (Å²) in [7, 11) is 1.82. The minimum Gasteiger partial charge on any atom is -0.339 e. The van der Waals surface area contributed by atoms with E-state index in [0.29, 0.717) is 12.7 Å². The summed E-state index contributed by atoms with van der Waals surface area (Å²) in [6.07, 6.45) is 0.0688. The summed E-state index contributed by atoms with van der Waals surface area (Å²) in [6.45, 7) is 5.74. The number of likely N-dealkylation sites (N-methyl/N-ethyl adjacent to an activating group) is 1. The molecule has 0 aromatic carbocycles. The minimum absolute atomic E-state index is 0.00399. The lowest BCUT2D eigenvalue weighted by Crippen LogP contribution is -2.61. The Balaban J connectivity index is 1.94. The van der Waals surface area contributed by atoms with Gasteiger partial charge in [-0.15, -0.1) is 0 Å². The molecule has 7 heteroatoms. The van der Waals surface area contributed by atoms with Gasteiger partial charge in [-0.3, -0.25) is 9.80 Å². The molecule has 0 saturated carbocycles. The number of carbonyl (C=O) groups excluding carboxylic acids is 1. The van der Waals surface area contributed by atoms with Crippen molar-refractivity contribution in [2.24, 2.45) is 0 Å². The number of hydrogen-bond donors (Lipinski definition) is 1. The molecule has 0 radical (unpaired) electrons. The number of nitrogens with one attached hydrogen (secondary N) is 1. The summed E-state index contributed by atoms with van der Waals surface area (Å²) < 4.78 is 0. The number of carbonyl (C=O) groups is 1. The van der Waals surface area contributed by atoms with Gasteiger partial charge in [0.2, 0.25) is 0 Å². The highest BCUT2D eigenvalue weighted by atomic mass is 32.1. The molecule has 94 valence electrons. The lowest BCUT2D eigenvalue weighted by atomic mass is 10.3. The van der Waals surface area contributed by atoms with Crippen LogP contribution in [-0.2, 0) is 0 Å². The van der Waals surface area contributed by atoms with Crippen LogP contribution in [0.4, 0.5) is 4.79 Å². The van der Waals surface area contributed by atoms with Gasteiger partial charge in [0.1, 0.15) is 12.3 Å². The quantitative estimate of drug-likeness (QED) is 0.659. The topological polar surface area (TPSA) is 42.1 Å². The van der Waals surface area contributed by atoms with E-state index >= 15 is 0 Å². The summed E-state index contributed by atoms with van der Waals surface area (Å²) in [6, 6.07) is 0.474. The van der Waals surface area contributed by atoms with Gasteiger partial charge in [-0.05, 0) is 26.1 Å². The zero-order valence-corrected chi connectivity index (χ0v) is 11.1. The van der Waals surface area contributed by atoms with Crippen LogP contribution in [0.1, 0.15) is 13.8 Å². The van der Waals surface area contributed by atoms with Crippen molar-refractivity contribution in [1.29, 1.82) is 0 Å². The summed E-state index contributed by atoms with van der Waals surface area (Å²) >= 11 is 5.34. The fourth-order valence-electron chi connectivity index (χ4n) is 2.70. The van der Waals surface area contributed by atoms with Crippen LogP contribution in [0.3, 0.4) is 0 Å². The average Bonchev–Trinajstić information content (AvgIpc) is 2.74. The van der Waals surface area contributed by atoms with Gasteiger partial charge in [0.25, 0.3) is 0 Å². The Hall–Kier alpha value is -1.08. The van der Waals surface area contributed by atoms with Crippen LogP contribution in [-0.4, -0.2) is 69.5 Å². The highest BCUT2D eigenvalue weighted by molar-refractivity contribution is 7.80. The Bertz CT molecular complexity index is 387. The van der Waals surface area contributed by atoms with E-state index in [4.69, 9.17) is 12.2 Å². The molecule has 3 heterocycles. The van der Waals surface area contributed by atoms with Crippen LogP contribution in [0.15, 0.2) is 0 Å². The van der Waals surface area contributed by atoms with Crippen molar-refractivity contribution in [3.8, 4) is 0 Å². The number of thiocarbonyl (C=S) groups is 1. The van der Waals surface area contributed by atoms with E-state index in [0.717, 1.165) is 11.8 Å². The van der Waals surface area contributed by atoms with Crippen molar-refractivity contribution in [2.75, 3.05) is 20.4 Å². The molecule has 1 N–H and O–H groups in total. The fourth-order valence-corrected chi connectivity index (χ4v) is 2.99. The number of nitrogens with zero attached hydrogens (tertiary/aromatic N) is 4. The smallest absolute Gasteiger partial charge is 0.324 e. The van der Waals surface area contributed by atoms with Crippen molar-refractivity contribution < 1.29 is 4.79 Å². The molecule has 3 aliphatic heterocycles. The number of urea groups is 1. The molecular weight excluding hydrogens is 238 g/mol. The van der Waals surface area contributed by atoms with E-state index in [1.807, 2.05) is 11.9 Å². The molecule has 0 aromatic heterocycles. The predicted molar refractivity (Wildman–Crippen MR) is 66.9 cm³/mol. The van der Waals surface area contributed by atoms with E-state index in [2.05, 4.69) is 29.0 Å². The first-order chi connectivity index (χ1) is 8.00. The maximum absolute atomic E-state index is 12.1. The molecule has 3 fully saturated rings. The Kier molecular flexibility index (Phi) is 2.24. The predicted octanol–water partition coefficient (Wildman–Crippen LogP) is -0.165. The standard InChI is InChI=1S/C10H17N5OS/c1-6(2)13-4-14-8-7(11-9(14)17)12(3)10(16)15(8)5-13/h6-8H,4-5H2,1-3H3,(H,11,17). The minimum atomic E-state index is 0.00399. The summed E-state index contributed by atoms with van der Waals surface area (Å²) in [5.41, 5.74) is 0. The van der Waals surface area contributed by atoms with E-state index in [9.17, 15) is 4.79 Å². The van der Waals surface area contributed by atoms with E-state index < -0.39 is 0 Å². The Labute approximate surface area is 106 Å². The molecule has 2 amide bonds. The lowest BCUT2D eigenvalue weighted by molar-refractivity contribution is -0.0166. The zero-order valence-electron chi connectivity index (χ0n) is 10.3. The Morgan fingerprint density at radius 3 is 2.65 bits per heavy atom. The molecule has 0 bridgehead atoms. The van der Waals surface area contributed by atoms with Crippen LogP contribution in [0.5, 0.6) is 0 Å². The monoisotopic (exact) mass is 255 g/mol. The zero-order chi connectivity index (χ0) is 12.3. The largest absolute Gasteiger partial charge is 0.339 e. The average molecular weight is 255 g/mol. The van der Waals surface area contributed by atoms with Crippen LogP contribution in [0.25, 0.3) is 0 Å². The third-order valence-corrected chi connectivity index (χ3v) is 4.17. The SMILES string of the molecule is CC(C)N1CN2C(=O)N(C)C3NC(=S)N(C1)C32. The molecule has 3 saturated heterocycles. The third kappa shape index (κ3) is 1.35. The molecule has 0 spiro atoms. The van der Waals surface area contributed by atoms with Gasteiger partial charge in [0.15, 0.2) is 5.11 Å². The second-order valence-electron chi connectivity index (χ2n) is 5.11. The second kappa shape index (κ2) is 3.46. The Morgan fingerprint density at radius 1 is 1.35 bits per heavy atom. The molecule has 6 nitrogen and oxygen atoms in total. The van der Waals surface area contributed by atoms with Gasteiger partial charge in [-0.1, -0.05) is 0 Å². The Morgan fingerprint density at radius 2 is 2.00 bits per heavy atom. The second-order valence-corrected chi connectivity index (χ2v) is 5.49. The van der Waals surface area contributed by atoms with E-state index in [-0.39, 0.29) is 18.4 Å². The van der Waals surface area contributed by atoms with Gasteiger partial charge in [0.05, 0.1) is 13.3 Å². The lowest BCUT2D eigenvalue weighted by Gasteiger charge is -2.44. The highest BCUT2D eigenvalue weighted by Crippen LogP contribution is 2.31. The van der Waals surface area contributed by atoms with E-state index in [1.54, 1.807) is 4.90 Å². The van der Waals surface area contributed by atoms with Crippen molar-refractivity contribution >= 4 is 23.4 Å². The molecule has 2 atom stereocenters. The van der Waals surface area contributed by atoms with Gasteiger partial charge >= 0.3 is 6.03 Å². The van der Waals surface area contributed by atoms with Crippen molar-refractivity contribution in [3.63, 3.8) is 0 Å². The molecule has 3 aliphatic rings. The molecule has 3 rings (SSSR count). The van der Waals surface area contributed by atoms with Gasteiger partial charge in [-0.25, -0.2) is 4.79 Å². The van der Waals surface area contributed by atoms with Crippen molar-refractivity contribution in [3.05, 3.63) is 0 Å². The first-order valence-electron chi connectivity index (χ1n) is 5.85. The normalized spacial score (nSPS) is 32.6. The van der Waals surface area contributed by atoms with Crippen molar-refractivity contribution in [2.45, 2.75) is 32.2 Å². The fraction of sp³-hybridized carbons (Fsp3) is 0.800. The van der Waals surface area contributed by atoms with Crippen molar-refractivity contribution in [1.82, 2.24) is 24.9 Å². The van der Waals surface area contributed by atoms with Crippen LogP contribution >= 0.6 is 12.2 Å². The number of hydrogen-bond acceptors (Lipinski definition) is 3. The molecular formula is C10H17N5OS. The maximum Gasteiger partial charge on any atom is 0.324 e. The summed E-state index contributed by atoms with van der Waals surface area (Å²) in [4.78, 5) is 20.1. The van der Waals surface area contributed by atoms with Crippen LogP contribution in [0.2, 0.25) is 0 Å². The molecule has 17 heavy (non-hydrogen) atoms. The van der Waals surface area contributed by atoms with E-state index in [1.165, 1.54) is 0 Å². The van der Waals surface area contributed by atoms with Gasteiger partial charge in [-0.2, -0.15) is 0 Å². The highest BCUT2D eigenvalue weighted by Gasteiger charge is 2.55. The first kappa shape index (κ1) is 11.0.